The third-order valence-electron chi connectivity index (χ3n) is 9.11. The maximum atomic E-state index is 13.9. The number of esters is 1. The second-order valence-corrected chi connectivity index (χ2v) is 11.8. The zero-order valence-electron chi connectivity index (χ0n) is 27.1. The average Bonchev–Trinajstić information content (AvgIpc) is 3.62. The lowest BCUT2D eigenvalue weighted by molar-refractivity contribution is 0.0246. The number of aryl methyl sites for hydroxylation is 1. The van der Waals surface area contributed by atoms with Crippen LogP contribution in [0.5, 0.6) is 5.75 Å². The first kappa shape index (κ1) is 30.3. The van der Waals surface area contributed by atoms with E-state index in [1.54, 1.807) is 6.20 Å². The zero-order valence-corrected chi connectivity index (χ0v) is 27.1. The van der Waals surface area contributed by atoms with E-state index in [-0.39, 0.29) is 0 Å². The molecule has 0 spiro atoms. The molecule has 7 rings (SSSR count). The summed E-state index contributed by atoms with van der Waals surface area (Å²) in [6.45, 7) is 8.50. The molecule has 0 radical (unpaired) electrons. The monoisotopic (exact) mass is 621 g/mol. The molecule has 1 unspecified atom stereocenters. The van der Waals surface area contributed by atoms with E-state index in [0.29, 0.717) is 23.6 Å². The van der Waals surface area contributed by atoms with Crippen LogP contribution in [-0.2, 0) is 16.9 Å². The molecule has 1 atom stereocenters. The van der Waals surface area contributed by atoms with Crippen molar-refractivity contribution >= 4 is 28.2 Å². The Bertz CT molecular complexity index is 2040. The Labute approximate surface area is 276 Å². The van der Waals surface area contributed by atoms with Crippen LogP contribution in [0.15, 0.2) is 121 Å². The number of pyridine rings is 1. The average molecular weight is 622 g/mol. The third-order valence-corrected chi connectivity index (χ3v) is 9.11. The van der Waals surface area contributed by atoms with Gasteiger partial charge in [-0.1, -0.05) is 86.1 Å². The Balaban J connectivity index is 1.58. The minimum absolute atomic E-state index is 0.322. The summed E-state index contributed by atoms with van der Waals surface area (Å²) in [7, 11) is 0. The summed E-state index contributed by atoms with van der Waals surface area (Å²) in [4.78, 5) is 20.8. The second-order valence-electron chi connectivity index (χ2n) is 11.8. The van der Waals surface area contributed by atoms with Gasteiger partial charge in [-0.25, -0.2) is 9.78 Å². The minimum atomic E-state index is -1.32. The Kier molecular flexibility index (Phi) is 8.25. The van der Waals surface area contributed by atoms with Crippen LogP contribution < -0.4 is 9.64 Å². The molecule has 0 fully saturated rings. The molecule has 0 amide bonds. The molecular weight excluding hydrogens is 582 g/mol. The van der Waals surface area contributed by atoms with Crippen LogP contribution in [0, 0.1) is 0 Å². The fourth-order valence-corrected chi connectivity index (χ4v) is 7.04. The Hall–Kier alpha value is -5.36. The number of hydrogen-bond acceptors (Lipinski definition) is 5. The number of benzene rings is 4. The molecule has 1 aliphatic heterocycles. The number of anilines is 2. The summed E-state index contributed by atoms with van der Waals surface area (Å²) in [5, 5.41) is 1.01. The van der Waals surface area contributed by atoms with Crippen LogP contribution in [0.1, 0.15) is 60.8 Å². The first-order valence-corrected chi connectivity index (χ1v) is 16.6. The number of cyclic esters (lactones) is 1. The van der Waals surface area contributed by atoms with Crippen molar-refractivity contribution in [2.45, 2.75) is 45.8 Å². The SMILES string of the molecule is CCCCOc1cc(N(CC)c2ccccc2)ccc1C1(c2c(-c3ccccc3)n(CC)c3ccccc23)OC(=O)c2ncccc21. The number of fused-ring (bicyclic) bond motifs is 2. The van der Waals surface area contributed by atoms with E-state index in [0.717, 1.165) is 70.6 Å². The van der Waals surface area contributed by atoms with E-state index in [1.807, 2.05) is 24.3 Å². The van der Waals surface area contributed by atoms with Crippen molar-refractivity contribution in [3.63, 3.8) is 0 Å². The van der Waals surface area contributed by atoms with Crippen molar-refractivity contribution in [1.29, 1.82) is 0 Å². The Morgan fingerprint density at radius 1 is 0.809 bits per heavy atom. The van der Waals surface area contributed by atoms with Crippen molar-refractivity contribution in [2.24, 2.45) is 0 Å². The molecule has 0 saturated carbocycles. The lowest BCUT2D eigenvalue weighted by atomic mass is 9.78. The van der Waals surface area contributed by atoms with Gasteiger partial charge in [0.1, 0.15) is 5.75 Å². The minimum Gasteiger partial charge on any atom is -0.493 e. The molecule has 0 aliphatic carbocycles. The van der Waals surface area contributed by atoms with Crippen LogP contribution in [0.25, 0.3) is 22.2 Å². The maximum Gasteiger partial charge on any atom is 0.358 e. The fraction of sp³-hybridized carbons (Fsp3) is 0.220. The largest absolute Gasteiger partial charge is 0.493 e. The van der Waals surface area contributed by atoms with Gasteiger partial charge >= 0.3 is 5.97 Å². The molecule has 2 aromatic heterocycles. The van der Waals surface area contributed by atoms with Gasteiger partial charge in [-0.15, -0.1) is 0 Å². The van der Waals surface area contributed by atoms with Crippen molar-refractivity contribution < 1.29 is 14.3 Å². The summed E-state index contributed by atoms with van der Waals surface area (Å²) >= 11 is 0. The topological polar surface area (TPSA) is 56.6 Å². The van der Waals surface area contributed by atoms with Gasteiger partial charge in [0.25, 0.3) is 0 Å². The molecular formula is C41H39N3O3. The summed E-state index contributed by atoms with van der Waals surface area (Å²) in [5.41, 5.74) is 6.60. The lowest BCUT2D eigenvalue weighted by Crippen LogP contribution is -2.31. The molecule has 3 heterocycles. The van der Waals surface area contributed by atoms with E-state index in [9.17, 15) is 4.79 Å². The molecule has 6 heteroatoms. The van der Waals surface area contributed by atoms with Crippen molar-refractivity contribution in [2.75, 3.05) is 18.1 Å². The molecule has 0 saturated heterocycles. The predicted molar refractivity (Wildman–Crippen MR) is 189 cm³/mol. The third kappa shape index (κ3) is 5.05. The number of hydrogen-bond donors (Lipinski definition) is 0. The van der Waals surface area contributed by atoms with Crippen LogP contribution in [0.3, 0.4) is 0 Å². The first-order valence-electron chi connectivity index (χ1n) is 16.6. The lowest BCUT2D eigenvalue weighted by Gasteiger charge is -2.33. The van der Waals surface area contributed by atoms with Gasteiger partial charge in [-0.05, 0) is 62.2 Å². The molecule has 0 bridgehead atoms. The number of ether oxygens (including phenoxy) is 2. The Morgan fingerprint density at radius 3 is 2.30 bits per heavy atom. The summed E-state index contributed by atoms with van der Waals surface area (Å²) in [5.74, 6) is 0.234. The number of para-hydroxylation sites is 2. The van der Waals surface area contributed by atoms with Crippen molar-refractivity contribution in [3.05, 3.63) is 144 Å². The molecule has 236 valence electrons. The van der Waals surface area contributed by atoms with E-state index < -0.39 is 11.6 Å². The van der Waals surface area contributed by atoms with Crippen molar-refractivity contribution in [1.82, 2.24) is 9.55 Å². The normalized spacial score (nSPS) is 15.4. The highest BCUT2D eigenvalue weighted by Crippen LogP contribution is 2.55. The van der Waals surface area contributed by atoms with Crippen LogP contribution in [-0.4, -0.2) is 28.7 Å². The molecule has 1 aliphatic rings. The first-order chi connectivity index (χ1) is 23.1. The van der Waals surface area contributed by atoms with E-state index in [1.165, 1.54) is 0 Å². The smallest absolute Gasteiger partial charge is 0.358 e. The summed E-state index contributed by atoms with van der Waals surface area (Å²) in [6.07, 6.45) is 3.55. The van der Waals surface area contributed by atoms with Gasteiger partial charge in [-0.3, -0.25) is 0 Å². The maximum absolute atomic E-state index is 13.9. The van der Waals surface area contributed by atoms with E-state index in [4.69, 9.17) is 9.47 Å². The van der Waals surface area contributed by atoms with Crippen LogP contribution in [0.4, 0.5) is 11.4 Å². The van der Waals surface area contributed by atoms with Gasteiger partial charge in [0.05, 0.1) is 12.3 Å². The van der Waals surface area contributed by atoms with Gasteiger partial charge in [-0.2, -0.15) is 0 Å². The number of carbonyl (C=O) groups is 1. The van der Waals surface area contributed by atoms with E-state index in [2.05, 4.69) is 126 Å². The Morgan fingerprint density at radius 2 is 1.55 bits per heavy atom. The standard InChI is InChI=1S/C41H39N3O3/c1-4-7-27-46-36-28-31(43(5-2)30-19-12-9-13-20-30)24-25-33(36)41(34-22-16-26-42-38(34)40(45)47-41)37-32-21-14-15-23-35(32)44(6-3)39(37)29-17-10-8-11-18-29/h8-26,28H,4-7,27H2,1-3H3. The molecule has 0 N–H and O–H groups in total. The number of aromatic nitrogens is 2. The number of rotatable bonds is 11. The number of carbonyl (C=O) groups excluding carboxylic acids is 1. The fourth-order valence-electron chi connectivity index (χ4n) is 7.04. The quantitative estimate of drug-likeness (QED) is 0.107. The highest BCUT2D eigenvalue weighted by molar-refractivity contribution is 6.00. The molecule has 6 aromatic rings. The van der Waals surface area contributed by atoms with Gasteiger partial charge in [0.15, 0.2) is 11.3 Å². The number of unbranched alkanes of at least 4 members (excludes halogenated alkanes) is 1. The highest BCUT2D eigenvalue weighted by Gasteiger charge is 2.54. The number of nitrogens with zero attached hydrogens (tertiary/aromatic N) is 3. The second kappa shape index (κ2) is 12.8. The summed E-state index contributed by atoms with van der Waals surface area (Å²) < 4.78 is 15.8. The van der Waals surface area contributed by atoms with Crippen molar-refractivity contribution in [3.8, 4) is 17.0 Å². The van der Waals surface area contributed by atoms with E-state index >= 15 is 0 Å². The molecule has 47 heavy (non-hydrogen) atoms. The predicted octanol–water partition coefficient (Wildman–Crippen LogP) is 9.52. The van der Waals surface area contributed by atoms with Gasteiger partial charge in [0.2, 0.25) is 0 Å². The van der Waals surface area contributed by atoms with Gasteiger partial charge in [0, 0.05) is 64.3 Å². The highest BCUT2D eigenvalue weighted by atomic mass is 16.6. The zero-order chi connectivity index (χ0) is 32.4. The molecule has 4 aromatic carbocycles. The van der Waals surface area contributed by atoms with Crippen LogP contribution in [0.2, 0.25) is 0 Å². The summed E-state index contributed by atoms with van der Waals surface area (Å²) in [6, 6.07) is 39.3. The van der Waals surface area contributed by atoms with Crippen LogP contribution >= 0.6 is 0 Å². The molecule has 6 nitrogen and oxygen atoms in total. The van der Waals surface area contributed by atoms with Gasteiger partial charge < -0.3 is 18.9 Å².